The van der Waals surface area contributed by atoms with E-state index in [2.05, 4.69) is 15.6 Å². The molecule has 8 heteroatoms. The maximum absolute atomic E-state index is 11.7. The molecule has 0 atom stereocenters. The van der Waals surface area contributed by atoms with Gasteiger partial charge in [0, 0.05) is 11.4 Å². The Hall–Kier alpha value is -2.28. The second-order valence-electron chi connectivity index (χ2n) is 3.74. The van der Waals surface area contributed by atoms with Crippen molar-refractivity contribution in [2.24, 2.45) is 0 Å². The first-order valence-corrected chi connectivity index (χ1v) is 5.96. The molecular formula is C12H13ClN2O5. The number of benzene rings is 1. The van der Waals surface area contributed by atoms with E-state index in [0.29, 0.717) is 0 Å². The molecule has 108 valence electrons. The molecule has 2 amide bonds. The van der Waals surface area contributed by atoms with Crippen molar-refractivity contribution in [3.8, 4) is 5.75 Å². The second-order valence-corrected chi connectivity index (χ2v) is 4.18. The molecule has 1 aromatic rings. The Balaban J connectivity index is 2.49. The van der Waals surface area contributed by atoms with Crippen LogP contribution in [0, 0.1) is 0 Å². The van der Waals surface area contributed by atoms with Crippen molar-refractivity contribution in [3.63, 3.8) is 0 Å². The maximum atomic E-state index is 11.7. The highest BCUT2D eigenvalue weighted by atomic mass is 35.5. The van der Waals surface area contributed by atoms with Crippen LogP contribution in [0.3, 0.4) is 0 Å². The fraction of sp³-hybridized carbons (Fsp3) is 0.250. The highest BCUT2D eigenvalue weighted by Crippen LogP contribution is 2.20. The van der Waals surface area contributed by atoms with Gasteiger partial charge in [-0.1, -0.05) is 11.6 Å². The predicted octanol–water partition coefficient (Wildman–Crippen LogP) is 0.760. The first kappa shape index (κ1) is 15.8. The van der Waals surface area contributed by atoms with E-state index in [1.165, 1.54) is 25.3 Å². The van der Waals surface area contributed by atoms with Gasteiger partial charge < -0.3 is 9.84 Å². The molecule has 1 aromatic carbocycles. The van der Waals surface area contributed by atoms with Crippen LogP contribution < -0.4 is 10.9 Å². The summed E-state index contributed by atoms with van der Waals surface area (Å²) in [6.07, 6.45) is -0.227. The van der Waals surface area contributed by atoms with Gasteiger partial charge in [-0.05, 0) is 18.2 Å². The van der Waals surface area contributed by atoms with E-state index < -0.39 is 17.8 Å². The number of amides is 2. The number of carbonyl (C=O) groups is 3. The lowest BCUT2D eigenvalue weighted by Gasteiger charge is -2.08. The van der Waals surface area contributed by atoms with Gasteiger partial charge in [-0.25, -0.2) is 0 Å². The monoisotopic (exact) mass is 300 g/mol. The summed E-state index contributed by atoms with van der Waals surface area (Å²) in [6.45, 7) is 0. The quantitative estimate of drug-likeness (QED) is 0.562. The van der Waals surface area contributed by atoms with Crippen molar-refractivity contribution in [3.05, 3.63) is 28.8 Å². The molecule has 0 saturated carbocycles. The largest absolute Gasteiger partial charge is 0.507 e. The molecule has 0 radical (unpaired) electrons. The number of hydrogen-bond donors (Lipinski definition) is 3. The van der Waals surface area contributed by atoms with E-state index >= 15 is 0 Å². The molecule has 0 aliphatic heterocycles. The van der Waals surface area contributed by atoms with E-state index in [1.54, 1.807) is 0 Å². The number of esters is 1. The van der Waals surface area contributed by atoms with E-state index in [4.69, 9.17) is 11.6 Å². The van der Waals surface area contributed by atoms with E-state index in [-0.39, 0.29) is 29.2 Å². The minimum absolute atomic E-state index is 0.0780. The van der Waals surface area contributed by atoms with Gasteiger partial charge in [0.15, 0.2) is 0 Å². The van der Waals surface area contributed by atoms with Crippen molar-refractivity contribution in [2.45, 2.75) is 12.8 Å². The Labute approximate surface area is 119 Å². The molecular weight excluding hydrogens is 288 g/mol. The lowest BCUT2D eigenvalue weighted by atomic mass is 10.2. The molecule has 0 fully saturated rings. The number of aromatic hydroxyl groups is 1. The van der Waals surface area contributed by atoms with Crippen molar-refractivity contribution in [2.75, 3.05) is 7.11 Å². The number of rotatable bonds is 4. The van der Waals surface area contributed by atoms with Gasteiger partial charge in [-0.2, -0.15) is 0 Å². The number of nitrogens with one attached hydrogen (secondary N) is 2. The summed E-state index contributed by atoms with van der Waals surface area (Å²) in [7, 11) is 1.21. The van der Waals surface area contributed by atoms with E-state index in [1.807, 2.05) is 0 Å². The van der Waals surface area contributed by atoms with Crippen LogP contribution in [0.4, 0.5) is 0 Å². The Morgan fingerprint density at radius 2 is 1.95 bits per heavy atom. The molecule has 0 spiro atoms. The topological polar surface area (TPSA) is 105 Å². The molecule has 3 N–H and O–H groups in total. The number of hydrazine groups is 1. The SMILES string of the molecule is COC(=O)CCC(=O)NNC(=O)c1cc(Cl)ccc1O. The smallest absolute Gasteiger partial charge is 0.306 e. The van der Waals surface area contributed by atoms with Gasteiger partial charge in [0.05, 0.1) is 19.1 Å². The van der Waals surface area contributed by atoms with Crippen LogP contribution in [-0.4, -0.2) is 30.0 Å². The average Bonchev–Trinajstić information content (AvgIpc) is 2.44. The molecule has 0 aromatic heterocycles. The van der Waals surface area contributed by atoms with Crippen LogP contribution in [0.15, 0.2) is 18.2 Å². The first-order chi connectivity index (χ1) is 9.43. The number of halogens is 1. The summed E-state index contributed by atoms with van der Waals surface area (Å²) < 4.78 is 4.37. The molecule has 20 heavy (non-hydrogen) atoms. The average molecular weight is 301 g/mol. The lowest BCUT2D eigenvalue weighted by Crippen LogP contribution is -2.41. The van der Waals surface area contributed by atoms with Crippen molar-refractivity contribution >= 4 is 29.4 Å². The van der Waals surface area contributed by atoms with Gasteiger partial charge in [-0.3, -0.25) is 25.2 Å². The number of phenols is 1. The second kappa shape index (κ2) is 7.34. The fourth-order valence-electron chi connectivity index (χ4n) is 1.26. The minimum atomic E-state index is -0.726. The molecule has 7 nitrogen and oxygen atoms in total. The van der Waals surface area contributed by atoms with Crippen molar-refractivity contribution in [1.29, 1.82) is 0 Å². The predicted molar refractivity (Wildman–Crippen MR) is 70.0 cm³/mol. The molecule has 0 aliphatic carbocycles. The number of hydrogen-bond acceptors (Lipinski definition) is 5. The summed E-state index contributed by atoms with van der Waals surface area (Å²) in [4.78, 5) is 33.8. The number of methoxy groups -OCH3 is 1. The van der Waals surface area contributed by atoms with E-state index in [9.17, 15) is 19.5 Å². The van der Waals surface area contributed by atoms with Crippen LogP contribution in [0.25, 0.3) is 0 Å². The summed E-state index contributed by atoms with van der Waals surface area (Å²) in [5.74, 6) is -2.09. The van der Waals surface area contributed by atoms with E-state index in [0.717, 1.165) is 0 Å². The summed E-state index contributed by atoms with van der Waals surface area (Å²) in [5.41, 5.74) is 4.13. The maximum Gasteiger partial charge on any atom is 0.306 e. The zero-order valence-electron chi connectivity index (χ0n) is 10.6. The summed E-state index contributed by atoms with van der Waals surface area (Å²) >= 11 is 5.69. The standard InChI is InChI=1S/C12H13ClN2O5/c1-20-11(18)5-4-10(17)14-15-12(19)8-6-7(13)2-3-9(8)16/h2-3,6,16H,4-5H2,1H3,(H,14,17)(H,15,19). The molecule has 0 aliphatic rings. The zero-order valence-corrected chi connectivity index (χ0v) is 11.4. The zero-order chi connectivity index (χ0) is 15.1. The highest BCUT2D eigenvalue weighted by Gasteiger charge is 2.13. The summed E-state index contributed by atoms with van der Waals surface area (Å²) in [6, 6.07) is 3.94. The van der Waals surface area contributed by atoms with Gasteiger partial charge in [-0.15, -0.1) is 0 Å². The minimum Gasteiger partial charge on any atom is -0.507 e. The van der Waals surface area contributed by atoms with Gasteiger partial charge in [0.2, 0.25) is 5.91 Å². The lowest BCUT2D eigenvalue weighted by molar-refractivity contribution is -0.142. The fourth-order valence-corrected chi connectivity index (χ4v) is 1.44. The van der Waals surface area contributed by atoms with Crippen LogP contribution in [0.2, 0.25) is 5.02 Å². The Bertz CT molecular complexity index is 533. The van der Waals surface area contributed by atoms with Gasteiger partial charge in [0.1, 0.15) is 5.75 Å². The number of phenolic OH excluding ortho intramolecular Hbond substituents is 1. The third-order valence-electron chi connectivity index (χ3n) is 2.30. The molecule has 0 saturated heterocycles. The normalized spacial score (nSPS) is 9.70. The number of carbonyl (C=O) groups excluding carboxylic acids is 3. The number of ether oxygens (including phenoxy) is 1. The molecule has 1 rings (SSSR count). The molecule has 0 bridgehead atoms. The van der Waals surface area contributed by atoms with Crippen molar-refractivity contribution in [1.82, 2.24) is 10.9 Å². The Morgan fingerprint density at radius 3 is 2.60 bits per heavy atom. The first-order valence-electron chi connectivity index (χ1n) is 5.58. The summed E-state index contributed by atoms with van der Waals surface area (Å²) in [5, 5.41) is 9.75. The van der Waals surface area contributed by atoms with Gasteiger partial charge in [0.25, 0.3) is 5.91 Å². The highest BCUT2D eigenvalue weighted by molar-refractivity contribution is 6.31. The van der Waals surface area contributed by atoms with Crippen molar-refractivity contribution < 1.29 is 24.2 Å². The Morgan fingerprint density at radius 1 is 1.25 bits per heavy atom. The van der Waals surface area contributed by atoms with Crippen LogP contribution >= 0.6 is 11.6 Å². The van der Waals surface area contributed by atoms with Crippen LogP contribution in [-0.2, 0) is 14.3 Å². The third-order valence-corrected chi connectivity index (χ3v) is 2.54. The molecule has 0 unspecified atom stereocenters. The van der Waals surface area contributed by atoms with Gasteiger partial charge >= 0.3 is 5.97 Å². The van der Waals surface area contributed by atoms with Crippen LogP contribution in [0.5, 0.6) is 5.75 Å². The van der Waals surface area contributed by atoms with Crippen LogP contribution in [0.1, 0.15) is 23.2 Å². The molecule has 0 heterocycles. The third kappa shape index (κ3) is 4.77. The Kier molecular flexibility index (Phi) is 5.79.